The minimum atomic E-state index is -0.369. The van der Waals surface area contributed by atoms with Crippen LogP contribution in [0.15, 0.2) is 86.1 Å². The number of carbonyl (C=O) groups excluding carboxylic acids is 3. The summed E-state index contributed by atoms with van der Waals surface area (Å²) >= 11 is 13.5. The molecule has 0 radical (unpaired) electrons. The third-order valence-corrected chi connectivity index (χ3v) is 8.83. The van der Waals surface area contributed by atoms with Gasteiger partial charge in [0.25, 0.3) is 0 Å². The number of rotatable bonds is 13. The van der Waals surface area contributed by atoms with Crippen LogP contribution in [0.2, 0.25) is 10.0 Å². The Labute approximate surface area is 294 Å². The van der Waals surface area contributed by atoms with E-state index >= 15 is 0 Å². The highest BCUT2D eigenvalue weighted by atomic mass is 35.5. The van der Waals surface area contributed by atoms with Gasteiger partial charge in [-0.15, -0.1) is 0 Å². The lowest BCUT2D eigenvalue weighted by Gasteiger charge is -2.38. The van der Waals surface area contributed by atoms with Crippen LogP contribution in [0.4, 0.5) is 33.4 Å². The number of nitrogens with zero attached hydrogens (tertiary/aromatic N) is 3. The number of urea groups is 1. The number of anilines is 5. The summed E-state index contributed by atoms with van der Waals surface area (Å²) in [5.74, 6) is 0.680. The Kier molecular flexibility index (Phi) is 10.9. The second kappa shape index (κ2) is 15.3. The lowest BCUT2D eigenvalue weighted by Crippen LogP contribution is -2.48. The molecule has 4 aromatic rings. The molecule has 0 spiro atoms. The number of allylic oxidation sites excluding steroid dienone is 1. The van der Waals surface area contributed by atoms with E-state index in [1.165, 1.54) is 31.3 Å². The van der Waals surface area contributed by atoms with Crippen molar-refractivity contribution in [1.29, 1.82) is 0 Å². The normalized spacial score (nSPS) is 12.2. The van der Waals surface area contributed by atoms with Crippen LogP contribution < -0.4 is 29.9 Å². The van der Waals surface area contributed by atoms with E-state index in [1.54, 1.807) is 29.3 Å². The van der Waals surface area contributed by atoms with Crippen LogP contribution >= 0.6 is 23.2 Å². The summed E-state index contributed by atoms with van der Waals surface area (Å²) in [4.78, 5) is 46.3. The van der Waals surface area contributed by atoms with Crippen molar-refractivity contribution in [3.63, 3.8) is 0 Å². The van der Waals surface area contributed by atoms with Gasteiger partial charge in [-0.05, 0) is 54.3 Å². The molecule has 2 N–H and O–H groups in total. The molecule has 5 rings (SSSR count). The molecule has 12 heteroatoms. The van der Waals surface area contributed by atoms with E-state index in [1.807, 2.05) is 43.3 Å². The highest BCUT2D eigenvalue weighted by Gasteiger charge is 2.35. The maximum Gasteiger partial charge on any atom is 0.329 e. The van der Waals surface area contributed by atoms with Gasteiger partial charge in [0.15, 0.2) is 5.78 Å². The summed E-state index contributed by atoms with van der Waals surface area (Å²) in [5, 5.41) is 6.44. The number of aryl methyl sites for hydroxylation is 1. The van der Waals surface area contributed by atoms with Crippen molar-refractivity contribution >= 4 is 69.5 Å². The molecule has 0 atom stereocenters. The average molecular weight is 701 g/mol. The van der Waals surface area contributed by atoms with Gasteiger partial charge in [-0.1, -0.05) is 66.7 Å². The largest absolute Gasteiger partial charge is 0.495 e. The molecule has 10 nitrogen and oxygen atoms in total. The Hall–Kier alpha value is -5.32. The van der Waals surface area contributed by atoms with E-state index in [9.17, 15) is 14.4 Å². The maximum atomic E-state index is 14.5. The van der Waals surface area contributed by atoms with Gasteiger partial charge in [0.2, 0.25) is 5.91 Å². The predicted molar refractivity (Wildman–Crippen MR) is 195 cm³/mol. The molecule has 2 heterocycles. The first-order chi connectivity index (χ1) is 23.6. The van der Waals surface area contributed by atoms with Crippen molar-refractivity contribution in [2.45, 2.75) is 26.3 Å². The summed E-state index contributed by atoms with van der Waals surface area (Å²) < 4.78 is 10.9. The molecule has 3 amide bonds. The molecular formula is C37H35Cl2N5O5. The van der Waals surface area contributed by atoms with E-state index in [-0.39, 0.29) is 53.0 Å². The zero-order valence-electron chi connectivity index (χ0n) is 27.3. The van der Waals surface area contributed by atoms with Crippen LogP contribution in [-0.4, -0.2) is 43.5 Å². The zero-order valence-corrected chi connectivity index (χ0v) is 28.8. The average Bonchev–Trinajstić information content (AvgIpc) is 3.10. The standard InChI is InChI=1S/C37H35Cl2N5O5/c1-6-27(45)17-24-10-8-9-22(3)35(24)42-31-18-28-25(20-40-31)21-44(36-33(38)29(48-4)19-30(49-5)34(36)39)37(47)43(28)16-15-23-11-13-26(14-12-23)41-32(46)7-2/h6-14,18-20H,1-2,15-17,21H2,3-5H3,(H,40,42)(H,41,46). The number of pyridine rings is 1. The quantitative estimate of drug-likeness (QED) is 0.136. The summed E-state index contributed by atoms with van der Waals surface area (Å²) in [6.45, 7) is 9.43. The predicted octanol–water partition coefficient (Wildman–Crippen LogP) is 8.07. The van der Waals surface area contributed by atoms with Gasteiger partial charge in [-0.25, -0.2) is 9.78 Å². The van der Waals surface area contributed by atoms with Gasteiger partial charge in [0.05, 0.1) is 32.1 Å². The summed E-state index contributed by atoms with van der Waals surface area (Å²) in [5.41, 5.74) is 5.69. The SMILES string of the molecule is C=CC(=O)Cc1cccc(C)c1Nc1cc2c(cn1)CN(c1c(Cl)c(OC)cc(OC)c1Cl)C(=O)N2CCc1ccc(NC(=O)C=C)cc1. The fraction of sp³-hybridized carbons (Fsp3) is 0.189. The lowest BCUT2D eigenvalue weighted by atomic mass is 10.0. The zero-order chi connectivity index (χ0) is 35.2. The van der Waals surface area contributed by atoms with Gasteiger partial charge in [0.1, 0.15) is 27.4 Å². The molecule has 1 aliphatic rings. The molecule has 252 valence electrons. The molecule has 3 aromatic carbocycles. The highest BCUT2D eigenvalue weighted by molar-refractivity contribution is 6.42. The molecule has 49 heavy (non-hydrogen) atoms. The van der Waals surface area contributed by atoms with Crippen LogP contribution in [0.25, 0.3) is 0 Å². The van der Waals surface area contributed by atoms with Crippen LogP contribution in [0, 0.1) is 6.92 Å². The van der Waals surface area contributed by atoms with E-state index in [4.69, 9.17) is 32.7 Å². The topological polar surface area (TPSA) is 113 Å². The van der Waals surface area contributed by atoms with Gasteiger partial charge in [-0.2, -0.15) is 0 Å². The minimum absolute atomic E-state index is 0.105. The third-order valence-electron chi connectivity index (χ3n) is 8.10. The van der Waals surface area contributed by atoms with Crippen molar-refractivity contribution in [1.82, 2.24) is 4.98 Å². The number of benzene rings is 3. The van der Waals surface area contributed by atoms with Gasteiger partial charge in [0, 0.05) is 48.2 Å². The number of hydrogen-bond donors (Lipinski definition) is 2. The number of carbonyl (C=O) groups is 3. The second-order valence-corrected chi connectivity index (χ2v) is 12.0. The smallest absolute Gasteiger partial charge is 0.329 e. The Morgan fingerprint density at radius 2 is 1.69 bits per heavy atom. The molecule has 0 bridgehead atoms. The van der Waals surface area contributed by atoms with Crippen molar-refractivity contribution in [2.24, 2.45) is 0 Å². The number of halogens is 2. The maximum absolute atomic E-state index is 14.5. The number of nitrogens with one attached hydrogen (secondary N) is 2. The number of para-hydroxylation sites is 1. The molecule has 0 saturated heterocycles. The third kappa shape index (κ3) is 7.56. The minimum Gasteiger partial charge on any atom is -0.495 e. The van der Waals surface area contributed by atoms with E-state index < -0.39 is 0 Å². The van der Waals surface area contributed by atoms with Gasteiger partial charge in [-0.3, -0.25) is 19.4 Å². The summed E-state index contributed by atoms with van der Waals surface area (Å²) in [6, 6.07) is 16.1. The Bertz CT molecular complexity index is 1920. The number of amides is 3. The summed E-state index contributed by atoms with van der Waals surface area (Å²) in [7, 11) is 2.94. The number of hydrogen-bond acceptors (Lipinski definition) is 7. The highest BCUT2D eigenvalue weighted by Crippen LogP contribution is 2.48. The van der Waals surface area contributed by atoms with Crippen molar-refractivity contribution in [3.8, 4) is 11.5 Å². The van der Waals surface area contributed by atoms with Crippen LogP contribution in [-0.2, 0) is 29.0 Å². The summed E-state index contributed by atoms with van der Waals surface area (Å²) in [6.07, 6.45) is 4.87. The second-order valence-electron chi connectivity index (χ2n) is 11.2. The first-order valence-corrected chi connectivity index (χ1v) is 16.0. The first kappa shape index (κ1) is 35.0. The molecule has 1 aromatic heterocycles. The molecule has 1 aliphatic heterocycles. The molecule has 0 saturated carbocycles. The van der Waals surface area contributed by atoms with E-state index in [0.717, 1.165) is 27.9 Å². The number of ether oxygens (including phenoxy) is 2. The van der Waals surface area contributed by atoms with Gasteiger partial charge < -0.3 is 20.1 Å². The Morgan fingerprint density at radius 3 is 2.33 bits per heavy atom. The molecule has 0 unspecified atom stereocenters. The van der Waals surface area contributed by atoms with Crippen molar-refractivity contribution in [3.05, 3.63) is 118 Å². The van der Waals surface area contributed by atoms with Gasteiger partial charge >= 0.3 is 6.03 Å². The monoisotopic (exact) mass is 699 g/mol. The first-order valence-electron chi connectivity index (χ1n) is 15.3. The molecular weight excluding hydrogens is 665 g/mol. The van der Waals surface area contributed by atoms with E-state index in [0.29, 0.717) is 35.1 Å². The molecule has 0 aliphatic carbocycles. The number of ketones is 1. The Morgan fingerprint density at radius 1 is 1.00 bits per heavy atom. The lowest BCUT2D eigenvalue weighted by molar-refractivity contribution is -0.114. The van der Waals surface area contributed by atoms with Crippen LogP contribution in [0.5, 0.6) is 11.5 Å². The Balaban J connectivity index is 1.54. The van der Waals surface area contributed by atoms with Crippen LogP contribution in [0.3, 0.4) is 0 Å². The fourth-order valence-corrected chi connectivity index (χ4v) is 6.24. The molecule has 0 fully saturated rings. The van der Waals surface area contributed by atoms with E-state index in [2.05, 4.69) is 28.8 Å². The number of aromatic nitrogens is 1. The van der Waals surface area contributed by atoms with Crippen molar-refractivity contribution < 1.29 is 23.9 Å². The van der Waals surface area contributed by atoms with Crippen molar-refractivity contribution in [2.75, 3.05) is 41.2 Å². The fourth-order valence-electron chi connectivity index (χ4n) is 5.53. The van der Waals surface area contributed by atoms with Crippen LogP contribution in [0.1, 0.15) is 22.3 Å². The number of fused-ring (bicyclic) bond motifs is 1. The number of methoxy groups -OCH3 is 2.